The van der Waals surface area contributed by atoms with Crippen molar-refractivity contribution < 1.29 is 17.5 Å². The summed E-state index contributed by atoms with van der Waals surface area (Å²) in [6.07, 6.45) is 0. The molecule has 0 saturated carbocycles. The van der Waals surface area contributed by atoms with Gasteiger partial charge in [0.2, 0.25) is 0 Å². The van der Waals surface area contributed by atoms with Gasteiger partial charge in [0.15, 0.2) is 0 Å². The molecule has 4 nitrogen and oxygen atoms in total. The van der Waals surface area contributed by atoms with E-state index in [9.17, 15) is 12.8 Å². The van der Waals surface area contributed by atoms with Gasteiger partial charge in [-0.2, -0.15) is 0 Å². The van der Waals surface area contributed by atoms with Gasteiger partial charge in [-0.1, -0.05) is 30.3 Å². The van der Waals surface area contributed by atoms with E-state index >= 15 is 0 Å². The first kappa shape index (κ1) is 18.9. The zero-order valence-corrected chi connectivity index (χ0v) is 15.9. The third kappa shape index (κ3) is 4.11. The van der Waals surface area contributed by atoms with Crippen molar-refractivity contribution in [2.45, 2.75) is 18.4 Å². The topological polar surface area (TPSA) is 46.6 Å². The molecule has 0 bridgehead atoms. The minimum Gasteiger partial charge on any atom is -0.497 e. The average Bonchev–Trinajstić information content (AvgIpc) is 2.68. The van der Waals surface area contributed by atoms with Gasteiger partial charge in [0.1, 0.15) is 11.6 Å². The Hall–Kier alpha value is -2.86. The number of methoxy groups -OCH3 is 1. The molecule has 0 amide bonds. The van der Waals surface area contributed by atoms with E-state index in [1.54, 1.807) is 12.1 Å². The van der Waals surface area contributed by atoms with Crippen LogP contribution in [0.25, 0.3) is 0 Å². The SMILES string of the molecule is COc1cccc(S(=O)(=O)N(Cc2ccccc2C)c2ccc(F)cc2)c1. The van der Waals surface area contributed by atoms with E-state index in [0.29, 0.717) is 11.4 Å². The Bertz CT molecular complexity index is 1030. The maximum atomic E-state index is 13.4. The second-order valence-electron chi connectivity index (χ2n) is 6.09. The lowest BCUT2D eigenvalue weighted by atomic mass is 10.1. The Morgan fingerprint density at radius 2 is 1.67 bits per heavy atom. The predicted octanol–water partition coefficient (Wildman–Crippen LogP) is 4.54. The fraction of sp³-hybridized carbons (Fsp3) is 0.143. The highest BCUT2D eigenvalue weighted by Gasteiger charge is 2.26. The lowest BCUT2D eigenvalue weighted by molar-refractivity contribution is 0.413. The van der Waals surface area contributed by atoms with Gasteiger partial charge in [-0.3, -0.25) is 4.31 Å². The van der Waals surface area contributed by atoms with Gasteiger partial charge < -0.3 is 4.74 Å². The van der Waals surface area contributed by atoms with Crippen LogP contribution >= 0.6 is 0 Å². The van der Waals surface area contributed by atoms with Crippen LogP contribution in [0.2, 0.25) is 0 Å². The molecule has 3 rings (SSSR count). The number of benzene rings is 3. The summed E-state index contributed by atoms with van der Waals surface area (Å²) in [5, 5.41) is 0. The molecule has 0 radical (unpaired) electrons. The minimum atomic E-state index is -3.88. The molecule has 3 aromatic carbocycles. The van der Waals surface area contributed by atoms with Crippen LogP contribution in [0.1, 0.15) is 11.1 Å². The standard InChI is InChI=1S/C21H20FNO3S/c1-16-6-3-4-7-17(16)15-23(19-12-10-18(22)11-13-19)27(24,25)21-9-5-8-20(14-21)26-2/h3-14H,15H2,1-2H3. The zero-order chi connectivity index (χ0) is 19.4. The molecule has 6 heteroatoms. The van der Waals surface area contributed by atoms with Crippen LogP contribution in [0.3, 0.4) is 0 Å². The second-order valence-corrected chi connectivity index (χ2v) is 7.96. The predicted molar refractivity (Wildman–Crippen MR) is 104 cm³/mol. The van der Waals surface area contributed by atoms with Crippen molar-refractivity contribution >= 4 is 15.7 Å². The van der Waals surface area contributed by atoms with Crippen LogP contribution in [0.5, 0.6) is 5.75 Å². The molecule has 140 valence electrons. The first-order chi connectivity index (χ1) is 12.9. The number of rotatable bonds is 6. The number of anilines is 1. The Labute approximate surface area is 158 Å². The van der Waals surface area contributed by atoms with E-state index in [1.165, 1.54) is 47.8 Å². The molecule has 0 aliphatic carbocycles. The molecule has 27 heavy (non-hydrogen) atoms. The number of nitrogens with zero attached hydrogens (tertiary/aromatic N) is 1. The number of aryl methyl sites for hydroxylation is 1. The first-order valence-corrected chi connectivity index (χ1v) is 9.82. The highest BCUT2D eigenvalue weighted by Crippen LogP contribution is 2.28. The minimum absolute atomic E-state index is 0.111. The van der Waals surface area contributed by atoms with Crippen LogP contribution in [0, 0.1) is 12.7 Å². The molecule has 0 saturated heterocycles. The maximum absolute atomic E-state index is 13.4. The maximum Gasteiger partial charge on any atom is 0.264 e. The average molecular weight is 385 g/mol. The molecule has 0 unspecified atom stereocenters. The van der Waals surface area contributed by atoms with Crippen molar-refractivity contribution in [2.75, 3.05) is 11.4 Å². The molecule has 0 atom stereocenters. The van der Waals surface area contributed by atoms with E-state index in [0.717, 1.165) is 11.1 Å². The van der Waals surface area contributed by atoms with Crippen molar-refractivity contribution in [3.63, 3.8) is 0 Å². The number of ether oxygens (including phenoxy) is 1. The number of halogens is 1. The van der Waals surface area contributed by atoms with E-state index in [-0.39, 0.29) is 11.4 Å². The Morgan fingerprint density at radius 1 is 0.963 bits per heavy atom. The fourth-order valence-corrected chi connectivity index (χ4v) is 4.23. The van der Waals surface area contributed by atoms with Gasteiger partial charge in [-0.25, -0.2) is 12.8 Å². The van der Waals surface area contributed by atoms with Crippen molar-refractivity contribution in [1.82, 2.24) is 0 Å². The second kappa shape index (κ2) is 7.80. The summed E-state index contributed by atoms with van der Waals surface area (Å²) in [7, 11) is -2.40. The van der Waals surface area contributed by atoms with Crippen LogP contribution in [0.4, 0.5) is 10.1 Å². The van der Waals surface area contributed by atoms with Crippen molar-refractivity contribution in [1.29, 1.82) is 0 Å². The summed E-state index contributed by atoms with van der Waals surface area (Å²) < 4.78 is 46.6. The summed E-state index contributed by atoms with van der Waals surface area (Å²) >= 11 is 0. The smallest absolute Gasteiger partial charge is 0.264 e. The van der Waals surface area contributed by atoms with Gasteiger partial charge in [0.05, 0.1) is 24.2 Å². The van der Waals surface area contributed by atoms with E-state index in [1.807, 2.05) is 31.2 Å². The molecular formula is C21H20FNO3S. The van der Waals surface area contributed by atoms with Gasteiger partial charge in [0, 0.05) is 6.07 Å². The van der Waals surface area contributed by atoms with Crippen molar-refractivity contribution in [3.05, 3.63) is 89.7 Å². The largest absolute Gasteiger partial charge is 0.497 e. The van der Waals surface area contributed by atoms with Crippen LogP contribution in [-0.4, -0.2) is 15.5 Å². The van der Waals surface area contributed by atoms with Gasteiger partial charge in [-0.05, 0) is 54.4 Å². The molecule has 0 aromatic heterocycles. The summed E-state index contributed by atoms with van der Waals surface area (Å²) in [6, 6.07) is 19.3. The molecule has 3 aromatic rings. The fourth-order valence-electron chi connectivity index (χ4n) is 2.75. The normalized spacial score (nSPS) is 11.2. The first-order valence-electron chi connectivity index (χ1n) is 8.38. The summed E-state index contributed by atoms with van der Waals surface area (Å²) in [6.45, 7) is 2.06. The van der Waals surface area contributed by atoms with Crippen LogP contribution < -0.4 is 9.04 Å². The number of sulfonamides is 1. The molecule has 0 N–H and O–H groups in total. The van der Waals surface area contributed by atoms with E-state index in [2.05, 4.69) is 0 Å². The van der Waals surface area contributed by atoms with Gasteiger partial charge >= 0.3 is 0 Å². The molecule has 0 aliphatic rings. The van der Waals surface area contributed by atoms with Gasteiger partial charge in [-0.15, -0.1) is 0 Å². The van der Waals surface area contributed by atoms with Gasteiger partial charge in [0.25, 0.3) is 10.0 Å². The summed E-state index contributed by atoms with van der Waals surface area (Å²) in [4.78, 5) is 0.111. The Morgan fingerprint density at radius 3 is 2.33 bits per heavy atom. The van der Waals surface area contributed by atoms with E-state index < -0.39 is 15.8 Å². The lowest BCUT2D eigenvalue weighted by Gasteiger charge is -2.25. The molecule has 0 aliphatic heterocycles. The lowest BCUT2D eigenvalue weighted by Crippen LogP contribution is -2.31. The third-order valence-corrected chi connectivity index (χ3v) is 6.09. The van der Waals surface area contributed by atoms with Crippen molar-refractivity contribution in [2.24, 2.45) is 0 Å². The molecule has 0 fully saturated rings. The third-order valence-electron chi connectivity index (χ3n) is 4.32. The highest BCUT2D eigenvalue weighted by molar-refractivity contribution is 7.92. The molecule has 0 spiro atoms. The van der Waals surface area contributed by atoms with E-state index in [4.69, 9.17) is 4.74 Å². The number of hydrogen-bond acceptors (Lipinski definition) is 3. The summed E-state index contributed by atoms with van der Waals surface area (Å²) in [5.74, 6) is 0.0272. The zero-order valence-electron chi connectivity index (χ0n) is 15.1. The Kier molecular flexibility index (Phi) is 5.46. The highest BCUT2D eigenvalue weighted by atomic mass is 32.2. The Balaban J connectivity index is 2.10. The van der Waals surface area contributed by atoms with Crippen LogP contribution in [-0.2, 0) is 16.6 Å². The molecule has 0 heterocycles. The summed E-state index contributed by atoms with van der Waals surface area (Å²) in [5.41, 5.74) is 2.24. The van der Waals surface area contributed by atoms with Crippen molar-refractivity contribution in [3.8, 4) is 5.75 Å². The monoisotopic (exact) mass is 385 g/mol. The number of hydrogen-bond donors (Lipinski definition) is 0. The molecular weight excluding hydrogens is 365 g/mol. The quantitative estimate of drug-likeness (QED) is 0.626. The van der Waals surface area contributed by atoms with Crippen LogP contribution in [0.15, 0.2) is 77.7 Å².